The van der Waals surface area contributed by atoms with Gasteiger partial charge in [-0.05, 0) is 65.1 Å². The lowest BCUT2D eigenvalue weighted by Crippen LogP contribution is -2.36. The monoisotopic (exact) mass is 531 g/mol. The number of fused-ring (bicyclic) bond motifs is 1. The van der Waals surface area contributed by atoms with Gasteiger partial charge in [-0.3, -0.25) is 9.59 Å². The molecule has 0 bridgehead atoms. The number of nitrogens with one attached hydrogen (secondary N) is 1. The molecule has 210 valence electrons. The van der Waals surface area contributed by atoms with Gasteiger partial charge in [-0.25, -0.2) is 0 Å². The molecule has 37 heavy (non-hydrogen) atoms. The number of carbonyl (C=O) groups is 2. The Morgan fingerprint density at radius 2 is 1.57 bits per heavy atom. The number of allylic oxidation sites excluding steroid dienone is 2. The first-order chi connectivity index (χ1) is 17.9. The van der Waals surface area contributed by atoms with Crippen LogP contribution in [0.3, 0.4) is 0 Å². The van der Waals surface area contributed by atoms with Crippen LogP contribution >= 0.6 is 11.3 Å². The normalized spacial score (nSPS) is 13.5. The summed E-state index contributed by atoms with van der Waals surface area (Å²) in [5.41, 5.74) is 2.01. The Balaban J connectivity index is 1.56. The largest absolute Gasteiger partial charge is 0.351 e. The van der Waals surface area contributed by atoms with Crippen molar-refractivity contribution in [3.05, 3.63) is 33.0 Å². The van der Waals surface area contributed by atoms with Crippen molar-refractivity contribution in [2.75, 3.05) is 33.7 Å². The van der Waals surface area contributed by atoms with E-state index in [1.165, 1.54) is 75.5 Å². The van der Waals surface area contributed by atoms with Crippen LogP contribution in [0.15, 0.2) is 12.2 Å². The standard InChI is InChI=1S/C31H53N3O2S/c1-5-6-7-8-9-10-11-12-13-14-15-16-17-18-19-20-29(35)34-23-21-27-28(25-34)37-26(2)30(27)31(36)32-22-24-33(3)4/h12-13H,5-11,14-25H2,1-4H3,(H,32,36)/b13-12-. The second kappa shape index (κ2) is 18.6. The van der Waals surface area contributed by atoms with E-state index in [0.29, 0.717) is 19.5 Å². The molecule has 1 N–H and O–H groups in total. The predicted molar refractivity (Wildman–Crippen MR) is 159 cm³/mol. The molecule has 0 radical (unpaired) electrons. The molecule has 5 nitrogen and oxygen atoms in total. The summed E-state index contributed by atoms with van der Waals surface area (Å²) in [6.07, 6.45) is 22.7. The van der Waals surface area contributed by atoms with Crippen molar-refractivity contribution in [1.29, 1.82) is 0 Å². The van der Waals surface area contributed by atoms with Gasteiger partial charge in [0, 0.05) is 35.8 Å². The molecule has 0 saturated carbocycles. The van der Waals surface area contributed by atoms with Gasteiger partial charge in [-0.2, -0.15) is 0 Å². The Kier molecular flexibility index (Phi) is 15.8. The van der Waals surface area contributed by atoms with Gasteiger partial charge in [0.1, 0.15) is 0 Å². The first-order valence-electron chi connectivity index (χ1n) is 14.9. The summed E-state index contributed by atoms with van der Waals surface area (Å²) < 4.78 is 0. The highest BCUT2D eigenvalue weighted by molar-refractivity contribution is 7.12. The van der Waals surface area contributed by atoms with Crippen LogP contribution in [-0.4, -0.2) is 55.3 Å². The van der Waals surface area contributed by atoms with Crippen LogP contribution in [0.25, 0.3) is 0 Å². The molecule has 1 aromatic rings. The first kappa shape index (κ1) is 31.6. The number of aryl methyl sites for hydroxylation is 1. The molecule has 2 amide bonds. The fraction of sp³-hybridized carbons (Fsp3) is 0.742. The van der Waals surface area contributed by atoms with Crippen molar-refractivity contribution in [3.8, 4) is 0 Å². The Morgan fingerprint density at radius 3 is 2.22 bits per heavy atom. The number of amides is 2. The zero-order valence-corrected chi connectivity index (χ0v) is 25.0. The van der Waals surface area contributed by atoms with Crippen molar-refractivity contribution >= 4 is 23.2 Å². The molecule has 0 unspecified atom stereocenters. The molecule has 0 fully saturated rings. The Labute approximate surface area is 231 Å². The topological polar surface area (TPSA) is 52.7 Å². The summed E-state index contributed by atoms with van der Waals surface area (Å²) in [5.74, 6) is 0.302. The number of rotatable bonds is 19. The Morgan fingerprint density at radius 1 is 0.946 bits per heavy atom. The smallest absolute Gasteiger partial charge is 0.252 e. The van der Waals surface area contributed by atoms with Crippen LogP contribution in [-0.2, 0) is 17.8 Å². The number of thiophene rings is 1. The molecule has 0 atom stereocenters. The zero-order chi connectivity index (χ0) is 26.9. The lowest BCUT2D eigenvalue weighted by Gasteiger charge is -2.27. The van der Waals surface area contributed by atoms with Crippen LogP contribution in [0.5, 0.6) is 0 Å². The summed E-state index contributed by atoms with van der Waals surface area (Å²) in [6.45, 7) is 7.17. The van der Waals surface area contributed by atoms with Crippen molar-refractivity contribution in [2.45, 2.75) is 117 Å². The number of hydrogen-bond donors (Lipinski definition) is 1. The van der Waals surface area contributed by atoms with E-state index in [4.69, 9.17) is 0 Å². The number of likely N-dealkylation sites (N-methyl/N-ethyl adjacent to an activating group) is 1. The van der Waals surface area contributed by atoms with Crippen molar-refractivity contribution in [1.82, 2.24) is 15.1 Å². The molecule has 1 aliphatic rings. The highest BCUT2D eigenvalue weighted by Gasteiger charge is 2.28. The third-order valence-electron chi connectivity index (χ3n) is 7.31. The van der Waals surface area contributed by atoms with E-state index in [-0.39, 0.29) is 11.8 Å². The van der Waals surface area contributed by atoms with Crippen LogP contribution in [0.1, 0.15) is 122 Å². The highest BCUT2D eigenvalue weighted by atomic mass is 32.1. The van der Waals surface area contributed by atoms with Crippen LogP contribution in [0.2, 0.25) is 0 Å². The maximum atomic E-state index is 12.8. The van der Waals surface area contributed by atoms with E-state index in [1.807, 2.05) is 25.9 Å². The first-order valence-corrected chi connectivity index (χ1v) is 15.7. The SMILES string of the molecule is CCCCCCCC/C=C\CCCCCCCC(=O)N1CCc2c(sc(C)c2C(=O)NCCN(C)C)C1. The van der Waals surface area contributed by atoms with Crippen LogP contribution in [0.4, 0.5) is 0 Å². The molecule has 6 heteroatoms. The summed E-state index contributed by atoms with van der Waals surface area (Å²) in [5, 5.41) is 3.05. The zero-order valence-electron chi connectivity index (χ0n) is 24.2. The van der Waals surface area contributed by atoms with Gasteiger partial charge in [-0.15, -0.1) is 11.3 Å². The van der Waals surface area contributed by atoms with Crippen molar-refractivity contribution < 1.29 is 9.59 Å². The van der Waals surface area contributed by atoms with Crippen LogP contribution in [0, 0.1) is 6.92 Å². The molecule has 1 aliphatic heterocycles. The molecule has 2 rings (SSSR count). The molecular weight excluding hydrogens is 478 g/mol. The molecule has 0 saturated heterocycles. The highest BCUT2D eigenvalue weighted by Crippen LogP contribution is 2.33. The number of unbranched alkanes of at least 4 members (excludes halogenated alkanes) is 11. The predicted octanol–water partition coefficient (Wildman–Crippen LogP) is 7.27. The van der Waals surface area contributed by atoms with Gasteiger partial charge in [0.2, 0.25) is 5.91 Å². The van der Waals surface area contributed by atoms with Crippen molar-refractivity contribution in [2.24, 2.45) is 0 Å². The number of carbonyl (C=O) groups excluding carboxylic acids is 2. The fourth-order valence-electron chi connectivity index (χ4n) is 5.04. The fourth-order valence-corrected chi connectivity index (χ4v) is 6.27. The van der Waals surface area contributed by atoms with E-state index < -0.39 is 0 Å². The molecule has 0 spiro atoms. The summed E-state index contributed by atoms with van der Waals surface area (Å²) >= 11 is 1.68. The minimum Gasteiger partial charge on any atom is -0.351 e. The Bertz CT molecular complexity index is 831. The number of nitrogens with zero attached hydrogens (tertiary/aromatic N) is 2. The Hall–Kier alpha value is -1.66. The molecule has 1 aromatic heterocycles. The van der Waals surface area contributed by atoms with Gasteiger partial charge in [0.15, 0.2) is 0 Å². The molecular formula is C31H53N3O2S. The van der Waals surface area contributed by atoms with Gasteiger partial charge in [0.25, 0.3) is 5.91 Å². The maximum absolute atomic E-state index is 12.8. The van der Waals surface area contributed by atoms with Gasteiger partial charge >= 0.3 is 0 Å². The summed E-state index contributed by atoms with van der Waals surface area (Å²) in [6, 6.07) is 0. The van der Waals surface area contributed by atoms with Gasteiger partial charge in [0.05, 0.1) is 12.1 Å². The minimum atomic E-state index is 0.0323. The van der Waals surface area contributed by atoms with E-state index in [9.17, 15) is 9.59 Å². The van der Waals surface area contributed by atoms with Crippen molar-refractivity contribution in [3.63, 3.8) is 0 Å². The van der Waals surface area contributed by atoms with Crippen LogP contribution < -0.4 is 5.32 Å². The average Bonchev–Trinajstić information content (AvgIpc) is 3.20. The minimum absolute atomic E-state index is 0.0323. The maximum Gasteiger partial charge on any atom is 0.252 e. The number of hydrogen-bond acceptors (Lipinski definition) is 4. The summed E-state index contributed by atoms with van der Waals surface area (Å²) in [4.78, 5) is 31.9. The third kappa shape index (κ3) is 12.2. The molecule has 2 heterocycles. The van der Waals surface area contributed by atoms with Gasteiger partial charge < -0.3 is 15.1 Å². The summed E-state index contributed by atoms with van der Waals surface area (Å²) in [7, 11) is 4.01. The van der Waals surface area contributed by atoms with E-state index in [1.54, 1.807) is 11.3 Å². The van der Waals surface area contributed by atoms with Gasteiger partial charge in [-0.1, -0.05) is 70.4 Å². The second-order valence-corrected chi connectivity index (χ2v) is 12.2. The van der Waals surface area contributed by atoms with E-state index >= 15 is 0 Å². The van der Waals surface area contributed by atoms with E-state index in [2.05, 4.69) is 29.3 Å². The average molecular weight is 532 g/mol. The third-order valence-corrected chi connectivity index (χ3v) is 8.44. The lowest BCUT2D eigenvalue weighted by molar-refractivity contribution is -0.132. The lowest BCUT2D eigenvalue weighted by atomic mass is 10.0. The quantitative estimate of drug-likeness (QED) is 0.151. The second-order valence-electron chi connectivity index (χ2n) is 10.9. The molecule has 0 aromatic carbocycles. The van der Waals surface area contributed by atoms with E-state index in [0.717, 1.165) is 48.4 Å². The molecule has 0 aliphatic carbocycles.